The highest BCUT2D eigenvalue weighted by atomic mass is 16.9. The quantitative estimate of drug-likeness (QED) is 0.487. The van der Waals surface area contributed by atoms with Crippen LogP contribution in [0.15, 0.2) is 0 Å². The standard InChI is InChI=1S/C28H40N2O8/c31-23-27(19-8-2-3-10-21(19)29-37-27)36-26(34-23)15-11-17(12-16-26)18-7-6-9-20-22(18)30-38-28(20)24(32)33-25(35-28)13-4-1-5-14-25/h17-22,29-30H,1-16H2/t17?,18?,19-,20-,21+,22-,26?,27?,28?/m0/s1. The fraction of sp³-hybridized carbons (Fsp3) is 0.929. The number of hydrogen-bond donors (Lipinski definition) is 2. The van der Waals surface area contributed by atoms with Crippen molar-refractivity contribution in [2.75, 3.05) is 0 Å². The Balaban J connectivity index is 0.959. The molecule has 10 nitrogen and oxygen atoms in total. The molecule has 0 amide bonds. The van der Waals surface area contributed by atoms with Crippen molar-refractivity contribution in [3.63, 3.8) is 0 Å². The second kappa shape index (κ2) is 8.60. The molecular weight excluding hydrogens is 492 g/mol. The summed E-state index contributed by atoms with van der Waals surface area (Å²) in [7, 11) is 0. The molecule has 8 fully saturated rings. The van der Waals surface area contributed by atoms with E-state index in [2.05, 4.69) is 11.0 Å². The number of nitrogens with one attached hydrogen (secondary N) is 2. The van der Waals surface area contributed by atoms with Crippen molar-refractivity contribution in [2.45, 2.75) is 138 Å². The van der Waals surface area contributed by atoms with Crippen LogP contribution < -0.4 is 11.0 Å². The molecule has 0 bridgehead atoms. The van der Waals surface area contributed by atoms with E-state index in [1.54, 1.807) is 0 Å². The summed E-state index contributed by atoms with van der Waals surface area (Å²) in [5.41, 5.74) is 6.34. The number of rotatable bonds is 1. The van der Waals surface area contributed by atoms with Crippen molar-refractivity contribution < 1.29 is 38.2 Å². The summed E-state index contributed by atoms with van der Waals surface area (Å²) in [4.78, 5) is 38.3. The summed E-state index contributed by atoms with van der Waals surface area (Å²) < 4.78 is 24.9. The molecule has 0 aromatic carbocycles. The summed E-state index contributed by atoms with van der Waals surface area (Å²) in [5.74, 6) is -4.33. The summed E-state index contributed by atoms with van der Waals surface area (Å²) in [6, 6.07) is 0.192. The third-order valence-corrected chi connectivity index (χ3v) is 11.2. The highest BCUT2D eigenvalue weighted by Crippen LogP contribution is 2.56. The summed E-state index contributed by atoms with van der Waals surface area (Å²) in [6.45, 7) is 0. The second-order valence-corrected chi connectivity index (χ2v) is 13.2. The zero-order chi connectivity index (χ0) is 25.6. The van der Waals surface area contributed by atoms with E-state index in [0.29, 0.717) is 24.7 Å². The molecule has 0 aromatic rings. The molecule has 2 N–H and O–H groups in total. The highest BCUT2D eigenvalue weighted by Gasteiger charge is 2.71. The topological polar surface area (TPSA) is 114 Å². The van der Waals surface area contributed by atoms with E-state index in [-0.39, 0.29) is 35.9 Å². The average molecular weight is 533 g/mol. The van der Waals surface area contributed by atoms with Gasteiger partial charge in [0.2, 0.25) is 11.6 Å². The summed E-state index contributed by atoms with van der Waals surface area (Å²) in [5, 5.41) is 0. The van der Waals surface area contributed by atoms with Gasteiger partial charge in [0.25, 0.3) is 11.6 Å². The van der Waals surface area contributed by atoms with E-state index < -0.39 is 23.1 Å². The van der Waals surface area contributed by atoms with Gasteiger partial charge in [-0.3, -0.25) is 19.1 Å². The van der Waals surface area contributed by atoms with Crippen molar-refractivity contribution in [1.29, 1.82) is 0 Å². The summed E-state index contributed by atoms with van der Waals surface area (Å²) >= 11 is 0. The van der Waals surface area contributed by atoms with Crippen LogP contribution >= 0.6 is 0 Å². The molecule has 10 heteroatoms. The van der Waals surface area contributed by atoms with Gasteiger partial charge in [-0.25, -0.2) is 9.59 Å². The Morgan fingerprint density at radius 2 is 1.24 bits per heavy atom. The minimum atomic E-state index is -1.32. The number of carbonyl (C=O) groups is 2. The van der Waals surface area contributed by atoms with Crippen LogP contribution in [-0.4, -0.2) is 47.2 Å². The number of hydroxylamine groups is 2. The Hall–Kier alpha value is -1.30. The normalized spacial score (nSPS) is 51.5. The van der Waals surface area contributed by atoms with Gasteiger partial charge in [-0.1, -0.05) is 25.7 Å². The van der Waals surface area contributed by atoms with Crippen LogP contribution in [0.1, 0.15) is 103 Å². The fourth-order valence-corrected chi connectivity index (χ4v) is 9.30. The monoisotopic (exact) mass is 532 g/mol. The van der Waals surface area contributed by atoms with Gasteiger partial charge in [-0.05, 0) is 63.2 Å². The number of esters is 2. The van der Waals surface area contributed by atoms with Crippen molar-refractivity contribution in [3.8, 4) is 0 Å². The van der Waals surface area contributed by atoms with Crippen LogP contribution in [0.2, 0.25) is 0 Å². The molecule has 0 aromatic heterocycles. The largest absolute Gasteiger partial charge is 0.429 e. The third kappa shape index (κ3) is 3.40. The lowest BCUT2D eigenvalue weighted by molar-refractivity contribution is -0.285. The molecular formula is C28H40N2O8. The first kappa shape index (κ1) is 24.5. The lowest BCUT2D eigenvalue weighted by atomic mass is 9.65. The molecule has 4 spiro atoms. The first-order valence-corrected chi connectivity index (χ1v) is 15.2. The van der Waals surface area contributed by atoms with Crippen molar-refractivity contribution in [1.82, 2.24) is 11.0 Å². The number of hydrogen-bond acceptors (Lipinski definition) is 10. The Morgan fingerprint density at radius 1 is 0.605 bits per heavy atom. The van der Waals surface area contributed by atoms with E-state index in [0.717, 1.165) is 89.9 Å². The van der Waals surface area contributed by atoms with Gasteiger partial charge in [0.05, 0.1) is 0 Å². The number of fused-ring (bicyclic) bond motifs is 4. The van der Waals surface area contributed by atoms with Crippen molar-refractivity contribution >= 4 is 11.9 Å². The molecule has 0 radical (unpaired) electrons. The first-order valence-electron chi connectivity index (χ1n) is 15.2. The molecule has 4 aliphatic carbocycles. The van der Waals surface area contributed by atoms with Crippen molar-refractivity contribution in [3.05, 3.63) is 0 Å². The predicted octanol–water partition coefficient (Wildman–Crippen LogP) is 3.49. The molecule has 7 atom stereocenters. The summed E-state index contributed by atoms with van der Waals surface area (Å²) in [6.07, 6.45) is 14.9. The molecule has 4 saturated heterocycles. The van der Waals surface area contributed by atoms with Gasteiger partial charge in [-0.2, -0.15) is 11.0 Å². The van der Waals surface area contributed by atoms with Crippen LogP contribution in [0.25, 0.3) is 0 Å². The van der Waals surface area contributed by atoms with Gasteiger partial charge < -0.3 is 9.47 Å². The minimum absolute atomic E-state index is 0.00889. The van der Waals surface area contributed by atoms with E-state index in [9.17, 15) is 9.59 Å². The minimum Gasteiger partial charge on any atom is -0.429 e. The first-order chi connectivity index (χ1) is 18.5. The van der Waals surface area contributed by atoms with E-state index in [4.69, 9.17) is 28.6 Å². The maximum absolute atomic E-state index is 13.2. The number of ether oxygens (including phenoxy) is 4. The van der Waals surface area contributed by atoms with Crippen LogP contribution in [0, 0.1) is 23.7 Å². The van der Waals surface area contributed by atoms with Crippen LogP contribution in [0.3, 0.4) is 0 Å². The lowest BCUT2D eigenvalue weighted by Crippen LogP contribution is -2.50. The van der Waals surface area contributed by atoms with E-state index in [1.165, 1.54) is 0 Å². The predicted molar refractivity (Wildman–Crippen MR) is 129 cm³/mol. The van der Waals surface area contributed by atoms with Gasteiger partial charge in [0.1, 0.15) is 0 Å². The molecule has 8 aliphatic rings. The average Bonchev–Trinajstić information content (AvgIpc) is 3.64. The Kier molecular flexibility index (Phi) is 5.54. The Labute approximate surface area is 223 Å². The fourth-order valence-electron chi connectivity index (χ4n) is 9.30. The molecule has 210 valence electrons. The van der Waals surface area contributed by atoms with Crippen LogP contribution in [0.5, 0.6) is 0 Å². The molecule has 8 rings (SSSR count). The van der Waals surface area contributed by atoms with Crippen LogP contribution in [-0.2, 0) is 38.2 Å². The maximum Gasteiger partial charge on any atom is 0.371 e. The van der Waals surface area contributed by atoms with Gasteiger partial charge in [0, 0.05) is 49.6 Å². The van der Waals surface area contributed by atoms with Gasteiger partial charge in [-0.15, -0.1) is 0 Å². The molecule has 3 unspecified atom stereocenters. The van der Waals surface area contributed by atoms with Gasteiger partial charge >= 0.3 is 11.9 Å². The molecule has 4 heterocycles. The second-order valence-electron chi connectivity index (χ2n) is 13.2. The van der Waals surface area contributed by atoms with Gasteiger partial charge in [0.15, 0.2) is 0 Å². The lowest BCUT2D eigenvalue weighted by Gasteiger charge is -2.43. The van der Waals surface area contributed by atoms with E-state index >= 15 is 0 Å². The zero-order valence-corrected chi connectivity index (χ0v) is 22.0. The Morgan fingerprint density at radius 3 is 2.00 bits per heavy atom. The molecule has 38 heavy (non-hydrogen) atoms. The zero-order valence-electron chi connectivity index (χ0n) is 22.0. The molecule has 4 saturated carbocycles. The SMILES string of the molecule is O=C1OC2(CCC(C3CCC[C@H]4[C@H]3NOC43OC4(CCCCC4)OC3=O)CC2)OC12ON[C@@H]1CCCC[C@@H]12. The smallest absolute Gasteiger partial charge is 0.371 e. The number of carbonyl (C=O) groups excluding carboxylic acids is 2. The maximum atomic E-state index is 13.2. The van der Waals surface area contributed by atoms with E-state index in [1.807, 2.05) is 0 Å². The highest BCUT2D eigenvalue weighted by molar-refractivity contribution is 5.81. The molecule has 4 aliphatic heterocycles. The Bertz CT molecular complexity index is 993. The van der Waals surface area contributed by atoms with Crippen LogP contribution in [0.4, 0.5) is 0 Å². The van der Waals surface area contributed by atoms with Crippen molar-refractivity contribution in [2.24, 2.45) is 23.7 Å². The third-order valence-electron chi connectivity index (χ3n) is 11.2.